The van der Waals surface area contributed by atoms with Crippen LogP contribution in [-0.2, 0) is 3.10 Å². The predicted octanol–water partition coefficient (Wildman–Crippen LogP) is -2.88. The summed E-state index contributed by atoms with van der Waals surface area (Å²) in [5.41, 5.74) is 0. The van der Waals surface area contributed by atoms with Crippen molar-refractivity contribution in [3.8, 4) is 0 Å². The van der Waals surface area contributed by atoms with Crippen molar-refractivity contribution in [3.05, 3.63) is 0 Å². The van der Waals surface area contributed by atoms with E-state index in [-0.39, 0.29) is 99.7 Å². The molecule has 0 heterocycles. The van der Waals surface area contributed by atoms with Crippen LogP contribution in [0.4, 0.5) is 0 Å². The van der Waals surface area contributed by atoms with Crippen LogP contribution in [0.1, 0.15) is 0 Å². The molecule has 0 aromatic rings. The van der Waals surface area contributed by atoms with Gasteiger partial charge in [-0.3, -0.25) is 0 Å². The van der Waals surface area contributed by atoms with Crippen LogP contribution in [0.5, 0.6) is 0 Å². The first-order valence-corrected chi connectivity index (χ1v) is 3.35. The van der Waals surface area contributed by atoms with Gasteiger partial charge in [-0.2, -0.15) is 0 Å². The summed E-state index contributed by atoms with van der Waals surface area (Å²) < 4.78 is 25.8. The summed E-state index contributed by atoms with van der Waals surface area (Å²) in [6.45, 7) is 0. The molecule has 0 aliphatic rings. The summed E-state index contributed by atoms with van der Waals surface area (Å²) >= 11 is -4.11. The Morgan fingerprint density at radius 2 is 1.17 bits per heavy atom. The quantitative estimate of drug-likeness (QED) is 0.274. The van der Waals surface area contributed by atoms with E-state index in [9.17, 15) is 0 Å². The van der Waals surface area contributed by atoms with Crippen LogP contribution in [-0.4, -0.2) is 20.4 Å². The van der Waals surface area contributed by atoms with Crippen molar-refractivity contribution >= 4 is 20.4 Å². The fourth-order valence-corrected chi connectivity index (χ4v) is 0. The van der Waals surface area contributed by atoms with Gasteiger partial charge in [-0.05, 0) is 0 Å². The van der Waals surface area contributed by atoms with Gasteiger partial charge in [0.05, 0.1) is 0 Å². The van der Waals surface area contributed by atoms with E-state index in [4.69, 9.17) is 10.0 Å². The Hall–Kier alpha value is 3.70. The maximum atomic E-state index is 8.59. The van der Waals surface area contributed by atoms with Crippen LogP contribution in [0, 0.1) is 99.7 Å². The minimum Gasteiger partial charge on any atom is 1.00 e. The van der Waals surface area contributed by atoms with Crippen molar-refractivity contribution in [1.29, 1.82) is 0 Å². The number of hydrogen-bond acceptors (Lipinski definition) is 3. The van der Waals surface area contributed by atoms with Crippen LogP contribution in [0.15, 0.2) is 0 Å². The van der Waals surface area contributed by atoms with Crippen LogP contribution in [0.2, 0.25) is 0 Å². The molecule has 6 heteroatoms. The molecule has 0 spiro atoms. The van der Waals surface area contributed by atoms with Gasteiger partial charge in [-0.1, -0.05) is 0 Å². The zero-order valence-corrected chi connectivity index (χ0v) is 22.4. The van der Waals surface area contributed by atoms with Crippen molar-refractivity contribution in [1.82, 2.24) is 0 Å². The zero-order valence-electron chi connectivity index (χ0n) is 3.63. The second-order valence-corrected chi connectivity index (χ2v) is 1.37. The third-order valence-electron chi connectivity index (χ3n) is 0. The molecule has 0 amide bonds. The van der Waals surface area contributed by atoms with Crippen molar-refractivity contribution in [2.45, 2.75) is 0 Å². The molecular weight excluding hydrogens is 622 g/mol. The molecule has 0 aliphatic carbocycles. The van der Waals surface area contributed by atoms with Gasteiger partial charge < -0.3 is 0 Å². The average Bonchev–Trinajstić information content (AvgIpc) is 0.811. The van der Waals surface area contributed by atoms with Crippen molar-refractivity contribution in [3.63, 3.8) is 0 Å². The van der Waals surface area contributed by atoms with Gasteiger partial charge in [0.1, 0.15) is 0 Å². The molecule has 0 saturated heterocycles. The third kappa shape index (κ3) is 25.2. The van der Waals surface area contributed by atoms with E-state index >= 15 is 0 Å². The number of rotatable bonds is 0. The SMILES string of the molecule is O=[Te]([O-])[O-].[Fr+].[Fr+]. The van der Waals surface area contributed by atoms with Crippen LogP contribution < -0.4 is 6.94 Å². The summed E-state index contributed by atoms with van der Waals surface area (Å²) in [6, 6.07) is 0. The van der Waals surface area contributed by atoms with Crippen molar-refractivity contribution < 1.29 is 110 Å². The predicted molar refractivity (Wildman–Crippen MR) is 6.44 cm³/mol. The molecule has 0 rings (SSSR count). The summed E-state index contributed by atoms with van der Waals surface area (Å²) in [5, 5.41) is 0. The Morgan fingerprint density at radius 1 is 1.17 bits per heavy atom. The molecular formula is Fr2O3Te. The molecule has 0 N–H and O–H groups in total. The molecule has 3 nitrogen and oxygen atoms in total. The molecule has 0 fully saturated rings. The van der Waals surface area contributed by atoms with E-state index in [0.29, 0.717) is 0 Å². The van der Waals surface area contributed by atoms with Gasteiger partial charge in [-0.15, -0.1) is 0 Å². The summed E-state index contributed by atoms with van der Waals surface area (Å²) in [6.07, 6.45) is 0. The largest absolute Gasteiger partial charge is 1.00 e. The van der Waals surface area contributed by atoms with Crippen LogP contribution in [0.3, 0.4) is 0 Å². The second-order valence-electron chi connectivity index (χ2n) is 0.204. The Morgan fingerprint density at radius 3 is 1.17 bits per heavy atom. The van der Waals surface area contributed by atoms with Gasteiger partial charge in [0.2, 0.25) is 0 Å². The van der Waals surface area contributed by atoms with Crippen molar-refractivity contribution in [2.24, 2.45) is 0 Å². The van der Waals surface area contributed by atoms with E-state index in [0.717, 1.165) is 0 Å². The topological polar surface area (TPSA) is 63.2 Å². The molecule has 0 aliphatic heterocycles. The molecule has 0 radical (unpaired) electrons. The van der Waals surface area contributed by atoms with Crippen LogP contribution in [0.25, 0.3) is 0 Å². The van der Waals surface area contributed by atoms with Gasteiger partial charge >= 0.3 is 130 Å². The summed E-state index contributed by atoms with van der Waals surface area (Å²) in [7, 11) is 0. The first kappa shape index (κ1) is 16.4. The smallest absolute Gasteiger partial charge is 1.00 e. The summed E-state index contributed by atoms with van der Waals surface area (Å²) in [4.78, 5) is 0. The second kappa shape index (κ2) is 11.5. The fraction of sp³-hybridized carbons (Fsp3) is 0. The number of hydrogen-bond donors (Lipinski definition) is 0. The molecule has 0 bridgehead atoms. The van der Waals surface area contributed by atoms with Gasteiger partial charge in [0, 0.05) is 0 Å². The third-order valence-corrected chi connectivity index (χ3v) is 0. The Kier molecular flexibility index (Phi) is 31.3. The normalized spacial score (nSPS) is 5.83. The van der Waals surface area contributed by atoms with E-state index in [1.807, 2.05) is 0 Å². The summed E-state index contributed by atoms with van der Waals surface area (Å²) in [5.74, 6) is 0. The van der Waals surface area contributed by atoms with Crippen LogP contribution >= 0.6 is 0 Å². The molecule has 0 aromatic carbocycles. The van der Waals surface area contributed by atoms with E-state index in [1.54, 1.807) is 0 Å². The molecule has 0 aromatic heterocycles. The Bertz CT molecular complexity index is 31.8. The van der Waals surface area contributed by atoms with E-state index < -0.39 is 20.4 Å². The zero-order chi connectivity index (χ0) is 3.58. The fourth-order valence-electron chi connectivity index (χ4n) is 0. The maximum absolute atomic E-state index is 8.59. The van der Waals surface area contributed by atoms with Gasteiger partial charge in [0.25, 0.3) is 0 Å². The molecule has 26 valence electrons. The average molecular weight is 622 g/mol. The minimum absolute atomic E-state index is 0. The maximum Gasteiger partial charge on any atom is 1.00 e. The molecule has 0 atom stereocenters. The monoisotopic (exact) mass is 624 g/mol. The standard InChI is InChI=1S/2Fr.H2O3Te/c;;1-4(2)3/h;;(H2,1,2,3)/q2*+1;/p-2. The first-order valence-electron chi connectivity index (χ1n) is 0.500. The Labute approximate surface area is 126 Å². The van der Waals surface area contributed by atoms with Gasteiger partial charge in [0.15, 0.2) is 0 Å². The van der Waals surface area contributed by atoms with E-state index in [1.165, 1.54) is 0 Å². The molecule has 0 unspecified atom stereocenters. The van der Waals surface area contributed by atoms with Gasteiger partial charge in [-0.25, -0.2) is 0 Å². The Balaban J connectivity index is -0.0000000450. The van der Waals surface area contributed by atoms with Crippen molar-refractivity contribution in [2.75, 3.05) is 0 Å². The van der Waals surface area contributed by atoms with E-state index in [2.05, 4.69) is 0 Å². The molecule has 0 saturated carbocycles. The molecule has 6 heavy (non-hydrogen) atoms. The minimum atomic E-state index is -4.11. The first-order chi connectivity index (χ1) is 1.73.